The molecule has 1 aromatic carbocycles. The van der Waals surface area contributed by atoms with Crippen molar-refractivity contribution in [3.8, 4) is 0 Å². The smallest absolute Gasteiger partial charge is 0.258 e. The summed E-state index contributed by atoms with van der Waals surface area (Å²) in [5.74, 6) is -0.673. The number of aryl methyl sites for hydroxylation is 2. The van der Waals surface area contributed by atoms with E-state index in [0.717, 1.165) is 15.5 Å². The molecule has 0 aliphatic carbocycles. The van der Waals surface area contributed by atoms with Gasteiger partial charge in [-0.05, 0) is 32.0 Å². The van der Waals surface area contributed by atoms with Crippen LogP contribution in [0.5, 0.6) is 0 Å². The lowest BCUT2D eigenvalue weighted by atomic mass is 10.2. The summed E-state index contributed by atoms with van der Waals surface area (Å²) in [5.41, 5.74) is 1.22. The normalized spacial score (nSPS) is 10.9. The van der Waals surface area contributed by atoms with Gasteiger partial charge >= 0.3 is 0 Å². The van der Waals surface area contributed by atoms with Crippen LogP contribution in [-0.4, -0.2) is 20.5 Å². The van der Waals surface area contributed by atoms with Gasteiger partial charge in [-0.3, -0.25) is 10.1 Å². The number of nitrogens with one attached hydrogen (secondary N) is 1. The topological polar surface area (TPSA) is 59.3 Å². The number of carbonyl (C=O) groups is 1. The second-order valence-electron chi connectivity index (χ2n) is 4.34. The molecule has 0 fully saturated rings. The first-order chi connectivity index (χ1) is 9.54. The summed E-state index contributed by atoms with van der Waals surface area (Å²) in [7, 11) is 0. The first kappa shape index (κ1) is 12.7. The number of carbonyl (C=O) groups excluding carboxylic acids is 1. The van der Waals surface area contributed by atoms with E-state index < -0.39 is 11.7 Å². The van der Waals surface area contributed by atoms with Crippen LogP contribution in [0.4, 0.5) is 10.3 Å². The van der Waals surface area contributed by atoms with Crippen LogP contribution in [0, 0.1) is 19.7 Å². The Morgan fingerprint density at radius 1 is 1.40 bits per heavy atom. The Kier molecular flexibility index (Phi) is 2.98. The highest BCUT2D eigenvalue weighted by Crippen LogP contribution is 2.21. The minimum atomic E-state index is -0.456. The minimum Gasteiger partial charge on any atom is -0.289 e. The lowest BCUT2D eigenvalue weighted by Gasteiger charge is -2.00. The van der Waals surface area contributed by atoms with Crippen molar-refractivity contribution < 1.29 is 9.18 Å². The zero-order chi connectivity index (χ0) is 14.3. The number of fused-ring (bicyclic) bond motifs is 1. The lowest BCUT2D eigenvalue weighted by Crippen LogP contribution is -2.13. The van der Waals surface area contributed by atoms with Crippen molar-refractivity contribution in [1.29, 1.82) is 0 Å². The third-order valence-corrected chi connectivity index (χ3v) is 4.01. The second kappa shape index (κ2) is 4.68. The van der Waals surface area contributed by atoms with Gasteiger partial charge in [0.25, 0.3) is 11.9 Å². The summed E-state index contributed by atoms with van der Waals surface area (Å²) >= 11 is 1.50. The average molecular weight is 290 g/mol. The second-order valence-corrected chi connectivity index (χ2v) is 5.52. The van der Waals surface area contributed by atoms with Gasteiger partial charge in [0.1, 0.15) is 5.82 Å². The molecule has 2 aromatic heterocycles. The van der Waals surface area contributed by atoms with E-state index in [0.29, 0.717) is 0 Å². The fourth-order valence-electron chi connectivity index (χ4n) is 1.80. The monoisotopic (exact) mass is 290 g/mol. The molecule has 3 rings (SSSR count). The van der Waals surface area contributed by atoms with E-state index in [2.05, 4.69) is 15.4 Å². The van der Waals surface area contributed by atoms with Gasteiger partial charge in [0, 0.05) is 10.4 Å². The maximum absolute atomic E-state index is 13.1. The number of rotatable bonds is 2. The molecule has 0 bridgehead atoms. The first-order valence-corrected chi connectivity index (χ1v) is 6.76. The van der Waals surface area contributed by atoms with Crippen LogP contribution in [0.15, 0.2) is 24.3 Å². The predicted molar refractivity (Wildman–Crippen MR) is 74.7 cm³/mol. The molecule has 0 saturated carbocycles. The fourth-order valence-corrected chi connectivity index (χ4v) is 2.70. The highest BCUT2D eigenvalue weighted by Gasteiger charge is 2.13. The number of hydrogen-bond acceptors (Lipinski definition) is 4. The van der Waals surface area contributed by atoms with Gasteiger partial charge in [0.2, 0.25) is 4.96 Å². The van der Waals surface area contributed by atoms with Gasteiger partial charge in [-0.25, -0.2) is 8.91 Å². The number of hydrogen-bond donors (Lipinski definition) is 1. The minimum absolute atomic E-state index is 0.216. The Balaban J connectivity index is 1.87. The van der Waals surface area contributed by atoms with Crippen molar-refractivity contribution in [2.75, 3.05) is 5.32 Å². The Morgan fingerprint density at radius 2 is 2.20 bits per heavy atom. The number of halogens is 1. The number of benzene rings is 1. The fraction of sp³-hybridized carbons (Fsp3) is 0.154. The Labute approximate surface area is 118 Å². The van der Waals surface area contributed by atoms with E-state index in [-0.39, 0.29) is 11.5 Å². The highest BCUT2D eigenvalue weighted by molar-refractivity contribution is 7.17. The molecule has 20 heavy (non-hydrogen) atoms. The van der Waals surface area contributed by atoms with Gasteiger partial charge in [0.15, 0.2) is 0 Å². The van der Waals surface area contributed by atoms with Crippen molar-refractivity contribution >= 4 is 28.2 Å². The molecule has 0 aliphatic heterocycles. The van der Waals surface area contributed by atoms with Crippen molar-refractivity contribution in [2.45, 2.75) is 13.8 Å². The molecule has 0 radical (unpaired) electrons. The molecular formula is C13H11FN4OS. The van der Waals surface area contributed by atoms with Gasteiger partial charge in [-0.2, -0.15) is 4.98 Å². The maximum Gasteiger partial charge on any atom is 0.258 e. The number of aromatic nitrogens is 3. The highest BCUT2D eigenvalue weighted by atomic mass is 32.1. The summed E-state index contributed by atoms with van der Waals surface area (Å²) in [6.07, 6.45) is 0. The molecule has 0 spiro atoms. The van der Waals surface area contributed by atoms with E-state index in [1.165, 1.54) is 35.6 Å². The predicted octanol–water partition coefficient (Wildman–Crippen LogP) is 2.80. The molecule has 0 aliphatic rings. The largest absolute Gasteiger partial charge is 0.289 e. The van der Waals surface area contributed by atoms with Crippen LogP contribution < -0.4 is 5.32 Å². The van der Waals surface area contributed by atoms with Gasteiger partial charge in [-0.1, -0.05) is 17.4 Å². The van der Waals surface area contributed by atoms with Crippen LogP contribution in [0.1, 0.15) is 20.9 Å². The van der Waals surface area contributed by atoms with Crippen molar-refractivity contribution in [1.82, 2.24) is 14.6 Å². The quantitative estimate of drug-likeness (QED) is 0.789. The molecule has 3 aromatic rings. The SMILES string of the molecule is Cc1sc2nc(NC(=O)c3cccc(F)c3)nn2c1C. The van der Waals surface area contributed by atoms with E-state index in [4.69, 9.17) is 0 Å². The summed E-state index contributed by atoms with van der Waals surface area (Å²) in [5, 5.41) is 6.78. The van der Waals surface area contributed by atoms with Crippen molar-refractivity contribution in [3.05, 3.63) is 46.2 Å². The van der Waals surface area contributed by atoms with Crippen LogP contribution >= 0.6 is 11.3 Å². The molecule has 102 valence electrons. The standard InChI is InChI=1S/C13H11FN4OS/c1-7-8(2)20-13-16-12(17-18(7)13)15-11(19)9-4-3-5-10(14)6-9/h3-6H,1-2H3,(H,15,17,19). The number of anilines is 1. The van der Waals surface area contributed by atoms with Crippen LogP contribution in [0.3, 0.4) is 0 Å². The van der Waals surface area contributed by atoms with E-state index in [1.807, 2.05) is 13.8 Å². The Bertz CT molecular complexity index is 808. The van der Waals surface area contributed by atoms with E-state index >= 15 is 0 Å². The zero-order valence-corrected chi connectivity index (χ0v) is 11.7. The summed E-state index contributed by atoms with van der Waals surface area (Å²) < 4.78 is 14.7. The Hall–Kier alpha value is -2.28. The Morgan fingerprint density at radius 3 is 2.90 bits per heavy atom. The molecule has 2 heterocycles. The van der Waals surface area contributed by atoms with Gasteiger partial charge in [-0.15, -0.1) is 5.10 Å². The van der Waals surface area contributed by atoms with Crippen LogP contribution in [0.25, 0.3) is 4.96 Å². The number of nitrogens with zero attached hydrogens (tertiary/aromatic N) is 3. The maximum atomic E-state index is 13.1. The average Bonchev–Trinajstić information content (AvgIpc) is 2.90. The lowest BCUT2D eigenvalue weighted by molar-refractivity contribution is 0.102. The zero-order valence-electron chi connectivity index (χ0n) is 10.8. The molecular weight excluding hydrogens is 279 g/mol. The summed E-state index contributed by atoms with van der Waals surface area (Å²) in [6.45, 7) is 3.92. The number of thiazole rings is 1. The van der Waals surface area contributed by atoms with E-state index in [9.17, 15) is 9.18 Å². The molecule has 5 nitrogen and oxygen atoms in total. The molecule has 0 saturated heterocycles. The summed E-state index contributed by atoms with van der Waals surface area (Å²) in [4.78, 5) is 18.0. The van der Waals surface area contributed by atoms with Crippen LogP contribution in [-0.2, 0) is 0 Å². The molecule has 1 N–H and O–H groups in total. The van der Waals surface area contributed by atoms with Crippen LogP contribution in [0.2, 0.25) is 0 Å². The third kappa shape index (κ3) is 2.16. The van der Waals surface area contributed by atoms with Crippen molar-refractivity contribution in [3.63, 3.8) is 0 Å². The molecule has 7 heteroatoms. The first-order valence-electron chi connectivity index (χ1n) is 5.94. The van der Waals surface area contributed by atoms with Gasteiger partial charge in [0.05, 0.1) is 5.69 Å². The molecule has 1 amide bonds. The molecule has 0 unspecified atom stereocenters. The molecule has 0 atom stereocenters. The van der Waals surface area contributed by atoms with E-state index in [1.54, 1.807) is 4.52 Å². The number of amides is 1. The van der Waals surface area contributed by atoms with Gasteiger partial charge < -0.3 is 0 Å². The van der Waals surface area contributed by atoms with Crippen molar-refractivity contribution in [2.24, 2.45) is 0 Å². The summed E-state index contributed by atoms with van der Waals surface area (Å²) in [6, 6.07) is 5.47. The third-order valence-electron chi connectivity index (χ3n) is 2.96.